The molecule has 0 radical (unpaired) electrons. The van der Waals surface area contributed by atoms with Gasteiger partial charge in [-0.25, -0.2) is 5.43 Å². The highest BCUT2D eigenvalue weighted by Crippen LogP contribution is 2.04. The zero-order valence-corrected chi connectivity index (χ0v) is 7.92. The maximum absolute atomic E-state index is 5.38. The average molecular weight is 178 g/mol. The molecule has 74 valence electrons. The lowest BCUT2D eigenvalue weighted by molar-refractivity contribution is -0.00539. The fourth-order valence-electron chi connectivity index (χ4n) is 1.08. The number of ether oxygens (including phenoxy) is 3. The Hall–Kier alpha value is -0.200. The standard InChI is InChI=1S/C7H18N2O3/c1-10-4-7(9-8,5-11-2)6-12-3/h9H,4-6,8H2,1-3H3. The zero-order chi connectivity index (χ0) is 9.45. The van der Waals surface area contributed by atoms with E-state index in [-0.39, 0.29) is 0 Å². The van der Waals surface area contributed by atoms with Gasteiger partial charge in [0.05, 0.1) is 19.8 Å². The van der Waals surface area contributed by atoms with E-state index >= 15 is 0 Å². The molecule has 0 aliphatic carbocycles. The van der Waals surface area contributed by atoms with Crippen molar-refractivity contribution in [2.75, 3.05) is 41.2 Å². The van der Waals surface area contributed by atoms with Crippen molar-refractivity contribution in [3.63, 3.8) is 0 Å². The smallest absolute Gasteiger partial charge is 0.102 e. The van der Waals surface area contributed by atoms with Crippen LogP contribution in [0.2, 0.25) is 0 Å². The van der Waals surface area contributed by atoms with E-state index in [0.717, 1.165) is 0 Å². The van der Waals surface area contributed by atoms with Crippen LogP contribution in [0, 0.1) is 0 Å². The van der Waals surface area contributed by atoms with Gasteiger partial charge in [0.1, 0.15) is 5.54 Å². The van der Waals surface area contributed by atoms with Gasteiger partial charge >= 0.3 is 0 Å². The largest absolute Gasteiger partial charge is 0.383 e. The first-order chi connectivity index (χ1) is 5.74. The topological polar surface area (TPSA) is 65.7 Å². The first-order valence-corrected chi connectivity index (χ1v) is 3.69. The third-order valence-electron chi connectivity index (χ3n) is 1.57. The van der Waals surface area contributed by atoms with Gasteiger partial charge in [-0.1, -0.05) is 0 Å². The van der Waals surface area contributed by atoms with Crippen molar-refractivity contribution in [3.8, 4) is 0 Å². The lowest BCUT2D eigenvalue weighted by atomic mass is 10.1. The molecule has 3 N–H and O–H groups in total. The van der Waals surface area contributed by atoms with E-state index in [2.05, 4.69) is 5.43 Å². The highest BCUT2D eigenvalue weighted by Gasteiger charge is 2.28. The Morgan fingerprint density at radius 2 is 1.33 bits per heavy atom. The minimum absolute atomic E-state index is 0.446. The predicted molar refractivity (Wildman–Crippen MR) is 45.7 cm³/mol. The van der Waals surface area contributed by atoms with Gasteiger partial charge in [-0.3, -0.25) is 5.84 Å². The molecule has 0 heterocycles. The van der Waals surface area contributed by atoms with Crippen LogP contribution in [0.25, 0.3) is 0 Å². The Labute approximate surface area is 73.1 Å². The number of hydrogen-bond acceptors (Lipinski definition) is 5. The van der Waals surface area contributed by atoms with Gasteiger partial charge in [0.25, 0.3) is 0 Å². The van der Waals surface area contributed by atoms with Crippen molar-refractivity contribution in [2.45, 2.75) is 5.54 Å². The third kappa shape index (κ3) is 3.46. The molecular weight excluding hydrogens is 160 g/mol. The highest BCUT2D eigenvalue weighted by molar-refractivity contribution is 4.85. The van der Waals surface area contributed by atoms with Gasteiger partial charge in [0, 0.05) is 21.3 Å². The monoisotopic (exact) mass is 178 g/mol. The van der Waals surface area contributed by atoms with Crippen LogP contribution in [0.15, 0.2) is 0 Å². The average Bonchev–Trinajstić information content (AvgIpc) is 2.06. The van der Waals surface area contributed by atoms with Crippen molar-refractivity contribution in [2.24, 2.45) is 5.84 Å². The fourth-order valence-corrected chi connectivity index (χ4v) is 1.08. The van der Waals surface area contributed by atoms with E-state index < -0.39 is 5.54 Å². The summed E-state index contributed by atoms with van der Waals surface area (Å²) >= 11 is 0. The second-order valence-electron chi connectivity index (χ2n) is 2.72. The van der Waals surface area contributed by atoms with Crippen LogP contribution in [-0.4, -0.2) is 46.7 Å². The Balaban J connectivity index is 4.06. The van der Waals surface area contributed by atoms with E-state index in [1.165, 1.54) is 0 Å². The molecule has 0 rings (SSSR count). The minimum Gasteiger partial charge on any atom is -0.383 e. The molecule has 5 nitrogen and oxygen atoms in total. The van der Waals surface area contributed by atoms with Crippen LogP contribution in [0.5, 0.6) is 0 Å². The summed E-state index contributed by atoms with van der Waals surface area (Å²) in [7, 11) is 4.83. The highest BCUT2D eigenvalue weighted by atomic mass is 16.5. The fraction of sp³-hybridized carbons (Fsp3) is 1.00. The maximum atomic E-state index is 5.38. The van der Waals surface area contributed by atoms with E-state index in [0.29, 0.717) is 19.8 Å². The number of hydrogen-bond donors (Lipinski definition) is 2. The first kappa shape index (κ1) is 11.8. The van der Waals surface area contributed by atoms with Gasteiger partial charge in [-0.15, -0.1) is 0 Å². The molecule has 0 aromatic heterocycles. The minimum atomic E-state index is -0.446. The SMILES string of the molecule is COCC(COC)(COC)NN. The number of nitrogens with one attached hydrogen (secondary N) is 1. The maximum Gasteiger partial charge on any atom is 0.102 e. The molecular formula is C7H18N2O3. The van der Waals surface area contributed by atoms with E-state index in [1.54, 1.807) is 21.3 Å². The van der Waals surface area contributed by atoms with Gasteiger partial charge in [-0.2, -0.15) is 0 Å². The summed E-state index contributed by atoms with van der Waals surface area (Å²) in [6.45, 7) is 1.35. The van der Waals surface area contributed by atoms with Crippen LogP contribution in [0.3, 0.4) is 0 Å². The number of hydrazine groups is 1. The molecule has 5 heteroatoms. The number of methoxy groups -OCH3 is 3. The Morgan fingerprint density at radius 3 is 1.50 bits per heavy atom. The van der Waals surface area contributed by atoms with Crippen LogP contribution in [-0.2, 0) is 14.2 Å². The lowest BCUT2D eigenvalue weighted by Gasteiger charge is -2.30. The second-order valence-corrected chi connectivity index (χ2v) is 2.72. The van der Waals surface area contributed by atoms with Crippen molar-refractivity contribution in [3.05, 3.63) is 0 Å². The summed E-state index contributed by atoms with van der Waals surface area (Å²) in [6.07, 6.45) is 0. The van der Waals surface area contributed by atoms with Gasteiger partial charge in [-0.05, 0) is 0 Å². The molecule has 0 unspecified atom stereocenters. The Morgan fingerprint density at radius 1 is 1.00 bits per heavy atom. The Kier molecular flexibility index (Phi) is 6.23. The summed E-state index contributed by atoms with van der Waals surface area (Å²) in [4.78, 5) is 0. The van der Waals surface area contributed by atoms with Gasteiger partial charge < -0.3 is 14.2 Å². The molecule has 0 saturated carbocycles. The second kappa shape index (κ2) is 6.33. The molecule has 0 bridgehead atoms. The molecule has 0 amide bonds. The van der Waals surface area contributed by atoms with Crippen molar-refractivity contribution in [1.82, 2.24) is 5.43 Å². The van der Waals surface area contributed by atoms with E-state index in [1.807, 2.05) is 0 Å². The lowest BCUT2D eigenvalue weighted by Crippen LogP contribution is -2.59. The van der Waals surface area contributed by atoms with E-state index in [9.17, 15) is 0 Å². The molecule has 0 saturated heterocycles. The quantitative estimate of drug-likeness (QED) is 0.392. The molecule has 0 aromatic carbocycles. The van der Waals surface area contributed by atoms with Crippen LogP contribution in [0.4, 0.5) is 0 Å². The predicted octanol–water partition coefficient (Wildman–Crippen LogP) is -0.872. The summed E-state index contributed by atoms with van der Waals surface area (Å²) in [5.41, 5.74) is 2.20. The van der Waals surface area contributed by atoms with Gasteiger partial charge in [0.15, 0.2) is 0 Å². The first-order valence-electron chi connectivity index (χ1n) is 3.69. The van der Waals surface area contributed by atoms with Crippen LogP contribution in [0.1, 0.15) is 0 Å². The molecule has 0 aliphatic rings. The van der Waals surface area contributed by atoms with Crippen molar-refractivity contribution in [1.29, 1.82) is 0 Å². The molecule has 0 atom stereocenters. The molecule has 0 spiro atoms. The Bertz CT molecular complexity index is 93.8. The van der Waals surface area contributed by atoms with Crippen LogP contribution < -0.4 is 11.3 Å². The van der Waals surface area contributed by atoms with Crippen LogP contribution >= 0.6 is 0 Å². The van der Waals surface area contributed by atoms with Gasteiger partial charge in [0.2, 0.25) is 0 Å². The van der Waals surface area contributed by atoms with E-state index in [4.69, 9.17) is 20.1 Å². The summed E-state index contributed by atoms with van der Waals surface area (Å²) in [5.74, 6) is 5.38. The van der Waals surface area contributed by atoms with Crippen molar-refractivity contribution >= 4 is 0 Å². The summed E-state index contributed by atoms with van der Waals surface area (Å²) in [6, 6.07) is 0. The summed E-state index contributed by atoms with van der Waals surface area (Å²) in [5, 5.41) is 0. The molecule has 0 fully saturated rings. The zero-order valence-electron chi connectivity index (χ0n) is 7.92. The number of nitrogens with two attached hydrogens (primary N) is 1. The third-order valence-corrected chi connectivity index (χ3v) is 1.57. The molecule has 0 aliphatic heterocycles. The number of rotatable bonds is 7. The molecule has 12 heavy (non-hydrogen) atoms. The molecule has 0 aromatic rings. The normalized spacial score (nSPS) is 12.0. The summed E-state index contributed by atoms with van der Waals surface area (Å²) < 4.78 is 15.0. The van der Waals surface area contributed by atoms with Crippen molar-refractivity contribution < 1.29 is 14.2 Å².